The molecule has 0 fully saturated rings. The fraction of sp³-hybridized carbons (Fsp3) is 0.0667. The molecule has 18 rings (SSSR count). The Morgan fingerprint density at radius 3 is 1.17 bits per heavy atom. The van der Waals surface area contributed by atoms with Crippen LogP contribution in [0.1, 0.15) is 36.1 Å². The van der Waals surface area contributed by atoms with Crippen LogP contribution in [0.2, 0.25) is 0 Å². The van der Waals surface area contributed by atoms with Crippen molar-refractivity contribution in [2.75, 3.05) is 9.80 Å². The van der Waals surface area contributed by atoms with Crippen LogP contribution in [-0.2, 0) is 12.8 Å². The Kier molecular flexibility index (Phi) is 15.1. The fourth-order valence-electron chi connectivity index (χ4n) is 15.6. The van der Waals surface area contributed by atoms with E-state index in [0.717, 1.165) is 74.6 Å². The van der Waals surface area contributed by atoms with E-state index in [9.17, 15) is 0 Å². The molecule has 2 aliphatic rings. The lowest BCUT2D eigenvalue weighted by atomic mass is 9.33. The first kappa shape index (κ1) is 59.1. The average molecular weight is 1290 g/mol. The molecule has 0 spiro atoms. The zero-order valence-electron chi connectivity index (χ0n) is 54.4. The maximum absolute atomic E-state index is 5.24. The van der Waals surface area contributed by atoms with Crippen molar-refractivity contribution in [1.82, 2.24) is 4.57 Å². The molecule has 16 aromatic rings. The smallest absolute Gasteiger partial charge is 0.252 e. The highest BCUT2D eigenvalue weighted by molar-refractivity contribution is 7.26. The normalized spacial score (nSPS) is 13.8. The van der Waals surface area contributed by atoms with Crippen molar-refractivity contribution >= 4 is 154 Å². The molecule has 8 heteroatoms. The molecule has 0 N–H and O–H groups in total. The molecular formula is C90H66BN5S2. The molecule has 0 bridgehead atoms. The minimum absolute atomic E-state index is 0.221. The molecule has 2 atom stereocenters. The van der Waals surface area contributed by atoms with Crippen molar-refractivity contribution in [3.8, 4) is 27.9 Å². The molecule has 0 amide bonds. The molecule has 2 aliphatic heterocycles. The predicted octanol–water partition coefficient (Wildman–Crippen LogP) is 21.8. The van der Waals surface area contributed by atoms with E-state index in [1.807, 2.05) is 22.7 Å². The Morgan fingerprint density at radius 2 is 0.724 bits per heavy atom. The van der Waals surface area contributed by atoms with Gasteiger partial charge in [-0.25, -0.2) is 0 Å². The van der Waals surface area contributed by atoms with Crippen LogP contribution >= 0.6 is 22.7 Å². The standard InChI is InChI=1S/C90H66BN5S2/c1-59(76(63-27-11-5-12-28-63)57-92-49-47-61-23-7-3-8-24-61)94-82-43-39-67(65-41-45-88-74(51-65)72-33-17-21-37-86(72)97-88)53-78(82)91-79-54-68(66-42-46-89-75(52-66)73-34-18-22-38-87(73)98-89)40-44-83(79)95(60(2)77(64-29-13-6-14-30-64)58-93-50-48-62-25-9-4-10-26-62)85-56-69(55-84(94)90(85)91)96-80-35-19-15-31-70(80)71-32-16-20-36-81(71)96/h3-46,49-60H,47-48H2,1-2H3/b76-57+,77-58+,92-49-,93-50-. The molecule has 2 unspecified atom stereocenters. The van der Waals surface area contributed by atoms with Gasteiger partial charge in [0.2, 0.25) is 0 Å². The predicted molar refractivity (Wildman–Crippen MR) is 424 cm³/mol. The number of anilines is 4. The van der Waals surface area contributed by atoms with Gasteiger partial charge in [-0.15, -0.1) is 22.7 Å². The lowest BCUT2D eigenvalue weighted by Gasteiger charge is -2.48. The molecule has 98 heavy (non-hydrogen) atoms. The fourth-order valence-corrected chi connectivity index (χ4v) is 17.8. The van der Waals surface area contributed by atoms with Gasteiger partial charge in [0.25, 0.3) is 6.71 Å². The number of benzene rings is 13. The number of rotatable bonds is 15. The average Bonchev–Trinajstić information content (AvgIpc) is 1.16. The Balaban J connectivity index is 0.930. The van der Waals surface area contributed by atoms with Gasteiger partial charge in [0.05, 0.1) is 28.8 Å². The SMILES string of the molecule is CC(/C(=C\N=C/Cc1ccccc1)c1ccccc1)N1c2ccc(-c3ccc4sc5ccccc5c4c3)cc2B2c3cc(-c4ccc5sc6ccccc6c5c4)ccc3N(C(C)/C(=C\N=C/Cc3ccccc3)c3ccccc3)c3cc(-n4c5ccccc5c5ccccc54)cc1c32. The summed E-state index contributed by atoms with van der Waals surface area (Å²) in [7, 11) is 0. The second-order valence-electron chi connectivity index (χ2n) is 25.9. The number of para-hydroxylation sites is 2. The van der Waals surface area contributed by atoms with E-state index < -0.39 is 0 Å². The molecule has 3 aromatic heterocycles. The number of aliphatic imine (C=N–C) groups is 2. The summed E-state index contributed by atoms with van der Waals surface area (Å²) in [4.78, 5) is 15.8. The number of nitrogens with zero attached hydrogens (tertiary/aromatic N) is 5. The Morgan fingerprint density at radius 1 is 0.357 bits per heavy atom. The van der Waals surface area contributed by atoms with Crippen LogP contribution in [0.4, 0.5) is 22.7 Å². The van der Waals surface area contributed by atoms with Gasteiger partial charge in [0.1, 0.15) is 0 Å². The molecule has 13 aromatic carbocycles. The topological polar surface area (TPSA) is 36.1 Å². The van der Waals surface area contributed by atoms with Crippen molar-refractivity contribution in [3.05, 3.63) is 338 Å². The number of fused-ring (bicyclic) bond motifs is 13. The summed E-state index contributed by atoms with van der Waals surface area (Å²) in [6.07, 6.45) is 9.82. The quantitative estimate of drug-likeness (QED) is 0.0758. The molecule has 0 saturated carbocycles. The van der Waals surface area contributed by atoms with Gasteiger partial charge in [-0.1, -0.05) is 231 Å². The van der Waals surface area contributed by atoms with Gasteiger partial charge in [-0.05, 0) is 148 Å². The van der Waals surface area contributed by atoms with Crippen LogP contribution in [0.15, 0.2) is 326 Å². The highest BCUT2D eigenvalue weighted by Crippen LogP contribution is 2.48. The number of thiophene rings is 2. The first-order valence-corrected chi connectivity index (χ1v) is 35.6. The van der Waals surface area contributed by atoms with Crippen LogP contribution in [0, 0.1) is 0 Å². The number of hydrogen-bond acceptors (Lipinski definition) is 6. The molecule has 0 aliphatic carbocycles. The molecule has 466 valence electrons. The lowest BCUT2D eigenvalue weighted by molar-refractivity contribution is 0.868. The van der Waals surface area contributed by atoms with E-state index in [1.54, 1.807) is 0 Å². The largest absolute Gasteiger partial charge is 0.335 e. The third kappa shape index (κ3) is 10.4. The molecular weight excluding hydrogens is 1230 g/mol. The summed E-state index contributed by atoms with van der Waals surface area (Å²) < 4.78 is 7.70. The Labute approximate surface area is 579 Å². The van der Waals surface area contributed by atoms with Gasteiger partial charge in [0.15, 0.2) is 0 Å². The summed E-state index contributed by atoms with van der Waals surface area (Å²) in [5.74, 6) is 0. The Bertz CT molecular complexity index is 5530. The van der Waals surface area contributed by atoms with E-state index in [1.165, 1.54) is 101 Å². The van der Waals surface area contributed by atoms with Gasteiger partial charge in [0, 0.05) is 123 Å². The molecule has 5 nitrogen and oxygen atoms in total. The lowest BCUT2D eigenvalue weighted by Crippen LogP contribution is -2.64. The number of hydrogen-bond donors (Lipinski definition) is 0. The second-order valence-corrected chi connectivity index (χ2v) is 28.1. The molecule has 0 radical (unpaired) electrons. The van der Waals surface area contributed by atoms with Gasteiger partial charge in [-0.2, -0.15) is 0 Å². The summed E-state index contributed by atoms with van der Waals surface area (Å²) in [5.41, 5.74) is 23.3. The number of aromatic nitrogens is 1. The summed E-state index contributed by atoms with van der Waals surface area (Å²) >= 11 is 3.73. The van der Waals surface area contributed by atoms with Gasteiger partial charge >= 0.3 is 0 Å². The summed E-state index contributed by atoms with van der Waals surface area (Å²) in [6.45, 7) is 4.56. The van der Waals surface area contributed by atoms with Gasteiger partial charge in [-0.3, -0.25) is 9.98 Å². The van der Waals surface area contributed by atoms with E-state index >= 15 is 0 Å². The van der Waals surface area contributed by atoms with Crippen molar-refractivity contribution in [3.63, 3.8) is 0 Å². The zero-order valence-corrected chi connectivity index (χ0v) is 56.0. The van der Waals surface area contributed by atoms with E-state index in [4.69, 9.17) is 9.98 Å². The van der Waals surface area contributed by atoms with Crippen molar-refractivity contribution < 1.29 is 0 Å². The summed E-state index contributed by atoms with van der Waals surface area (Å²) in [5, 5.41) is 7.58. The minimum Gasteiger partial charge on any atom is -0.335 e. The maximum atomic E-state index is 5.24. The van der Waals surface area contributed by atoms with Crippen LogP contribution < -0.4 is 26.2 Å². The first-order valence-electron chi connectivity index (χ1n) is 33.9. The van der Waals surface area contributed by atoms with Crippen LogP contribution in [-0.4, -0.2) is 35.8 Å². The highest BCUT2D eigenvalue weighted by Gasteiger charge is 2.46. The van der Waals surface area contributed by atoms with E-state index in [0.29, 0.717) is 0 Å². The minimum atomic E-state index is -0.243. The van der Waals surface area contributed by atoms with Crippen LogP contribution in [0.25, 0.3) is 101 Å². The van der Waals surface area contributed by atoms with Crippen molar-refractivity contribution in [1.29, 1.82) is 0 Å². The summed E-state index contributed by atoms with van der Waals surface area (Å²) in [6, 6.07) is 112. The first-order chi connectivity index (χ1) is 48.5. The monoisotopic (exact) mass is 1290 g/mol. The van der Waals surface area contributed by atoms with Crippen molar-refractivity contribution in [2.45, 2.75) is 38.8 Å². The van der Waals surface area contributed by atoms with Crippen LogP contribution in [0.3, 0.4) is 0 Å². The third-order valence-corrected chi connectivity index (χ3v) is 22.6. The highest BCUT2D eigenvalue weighted by atomic mass is 32.1. The molecule has 5 heterocycles. The van der Waals surface area contributed by atoms with Crippen LogP contribution in [0.5, 0.6) is 0 Å². The maximum Gasteiger partial charge on any atom is 0.252 e. The second kappa shape index (κ2) is 25.0. The van der Waals surface area contributed by atoms with Gasteiger partial charge < -0.3 is 14.4 Å². The third-order valence-electron chi connectivity index (χ3n) is 20.3. The van der Waals surface area contributed by atoms with E-state index in [2.05, 4.69) is 356 Å². The zero-order chi connectivity index (χ0) is 65.2. The Hall–Kier alpha value is -11.4. The molecule has 0 saturated heterocycles. The van der Waals surface area contributed by atoms with Crippen molar-refractivity contribution in [2.24, 2.45) is 9.98 Å². The van der Waals surface area contributed by atoms with E-state index in [-0.39, 0.29) is 18.8 Å².